The number of allylic oxidation sites excluding steroid dienone is 1. The van der Waals surface area contributed by atoms with Crippen molar-refractivity contribution in [2.45, 2.75) is 31.6 Å². The van der Waals surface area contributed by atoms with Gasteiger partial charge in [-0.15, -0.1) is 6.58 Å². The number of imidazole rings is 1. The third-order valence-electron chi connectivity index (χ3n) is 6.33. The normalized spacial score (nSPS) is 14.3. The molecular formula is C29H28ClN5O. The number of anilines is 2. The Balaban J connectivity index is 1.50. The number of ether oxygens (including phenoxy) is 1. The van der Waals surface area contributed by atoms with Crippen LogP contribution in [0.4, 0.5) is 11.6 Å². The van der Waals surface area contributed by atoms with E-state index < -0.39 is 0 Å². The van der Waals surface area contributed by atoms with Crippen LogP contribution < -0.4 is 10.1 Å². The molecule has 6 nitrogen and oxygen atoms in total. The summed E-state index contributed by atoms with van der Waals surface area (Å²) in [7, 11) is 0. The van der Waals surface area contributed by atoms with Crippen LogP contribution in [-0.4, -0.2) is 26.1 Å². The highest BCUT2D eigenvalue weighted by molar-refractivity contribution is 6.29. The Hall–Kier alpha value is -3.90. The molecule has 0 fully saturated rings. The van der Waals surface area contributed by atoms with E-state index in [-0.39, 0.29) is 5.92 Å². The van der Waals surface area contributed by atoms with Crippen molar-refractivity contribution < 1.29 is 4.74 Å². The van der Waals surface area contributed by atoms with Gasteiger partial charge in [0.25, 0.3) is 0 Å². The average Bonchev–Trinajstić information content (AvgIpc) is 3.53. The third kappa shape index (κ3) is 5.04. The lowest BCUT2D eigenvalue weighted by atomic mass is 9.96. The van der Waals surface area contributed by atoms with Crippen molar-refractivity contribution in [1.82, 2.24) is 19.5 Å². The highest BCUT2D eigenvalue weighted by Gasteiger charge is 2.29. The minimum atomic E-state index is 0.270. The predicted octanol–water partition coefficient (Wildman–Crippen LogP) is 6.82. The van der Waals surface area contributed by atoms with Crippen LogP contribution in [0.15, 0.2) is 86.4 Å². The Morgan fingerprint density at radius 1 is 1.11 bits per heavy atom. The van der Waals surface area contributed by atoms with Crippen molar-refractivity contribution >= 4 is 23.2 Å². The molecule has 0 spiro atoms. The molecule has 7 heteroatoms. The predicted molar refractivity (Wildman–Crippen MR) is 145 cm³/mol. The molecule has 0 saturated carbocycles. The summed E-state index contributed by atoms with van der Waals surface area (Å²) in [6, 6.07) is 16.5. The number of halogens is 1. The van der Waals surface area contributed by atoms with Crippen molar-refractivity contribution in [3.05, 3.63) is 114 Å². The quantitative estimate of drug-likeness (QED) is 0.243. The number of rotatable bonds is 10. The van der Waals surface area contributed by atoms with Gasteiger partial charge in [-0.2, -0.15) is 0 Å². The molecule has 2 aromatic carbocycles. The van der Waals surface area contributed by atoms with Gasteiger partial charge in [-0.25, -0.2) is 15.0 Å². The van der Waals surface area contributed by atoms with Gasteiger partial charge in [0.2, 0.25) is 5.95 Å². The Bertz CT molecular complexity index is 1380. The van der Waals surface area contributed by atoms with E-state index in [0.29, 0.717) is 23.5 Å². The highest BCUT2D eigenvalue weighted by Crippen LogP contribution is 2.39. The maximum absolute atomic E-state index is 6.03. The summed E-state index contributed by atoms with van der Waals surface area (Å²) in [5, 5.41) is 3.83. The minimum Gasteiger partial charge on any atom is -0.487 e. The molecule has 1 N–H and O–H groups in total. The van der Waals surface area contributed by atoms with Crippen molar-refractivity contribution in [3.8, 4) is 11.4 Å². The van der Waals surface area contributed by atoms with E-state index in [9.17, 15) is 0 Å². The summed E-state index contributed by atoms with van der Waals surface area (Å²) in [5.74, 6) is 1.53. The number of hydrogen-bond donors (Lipinski definition) is 1. The van der Waals surface area contributed by atoms with Crippen molar-refractivity contribution in [3.63, 3.8) is 0 Å². The van der Waals surface area contributed by atoms with Gasteiger partial charge >= 0.3 is 0 Å². The number of aromatic nitrogens is 4. The van der Waals surface area contributed by atoms with Crippen molar-refractivity contribution in [2.24, 2.45) is 0 Å². The molecule has 0 radical (unpaired) electrons. The molecule has 2 aromatic heterocycles. The van der Waals surface area contributed by atoms with Crippen LogP contribution in [0, 0.1) is 0 Å². The number of benzene rings is 2. The molecule has 1 unspecified atom stereocenters. The van der Waals surface area contributed by atoms with Gasteiger partial charge < -0.3 is 14.6 Å². The number of hydrogen-bond acceptors (Lipinski definition) is 5. The standard InChI is InChI=1S/C29H28ClN5O/c1-3-5-11-24-23-14-13-22(20-9-7-6-8-10-20)28(23)34-29(33-24)32-21-12-15-25(26(17-21)36-16-4-2)35-18-27(30)31-19-35/h3-4,6-10,12,15,17-19,22H,1-2,5,11,13-14,16H2,(H,32,33,34). The molecule has 0 aliphatic heterocycles. The summed E-state index contributed by atoms with van der Waals surface area (Å²) in [5.41, 5.74) is 6.43. The zero-order valence-electron chi connectivity index (χ0n) is 20.0. The molecule has 4 aromatic rings. The molecular weight excluding hydrogens is 470 g/mol. The molecule has 0 saturated heterocycles. The van der Waals surface area contributed by atoms with Gasteiger partial charge in [0, 0.05) is 29.6 Å². The lowest BCUT2D eigenvalue weighted by Gasteiger charge is -2.16. The fourth-order valence-corrected chi connectivity index (χ4v) is 4.82. The van der Waals surface area contributed by atoms with Gasteiger partial charge in [-0.3, -0.25) is 0 Å². The number of nitrogens with zero attached hydrogens (tertiary/aromatic N) is 4. The van der Waals surface area contributed by atoms with Crippen LogP contribution in [-0.2, 0) is 12.8 Å². The second-order valence-corrected chi connectivity index (χ2v) is 9.09. The highest BCUT2D eigenvalue weighted by atomic mass is 35.5. The molecule has 0 bridgehead atoms. The fourth-order valence-electron chi connectivity index (χ4n) is 4.68. The molecule has 1 atom stereocenters. The van der Waals surface area contributed by atoms with Crippen LogP contribution in [0.25, 0.3) is 5.69 Å². The van der Waals surface area contributed by atoms with E-state index in [2.05, 4.69) is 53.8 Å². The van der Waals surface area contributed by atoms with E-state index >= 15 is 0 Å². The van der Waals surface area contributed by atoms with Gasteiger partial charge in [0.15, 0.2) is 0 Å². The maximum atomic E-state index is 6.03. The molecule has 36 heavy (non-hydrogen) atoms. The van der Waals surface area contributed by atoms with Gasteiger partial charge in [0.1, 0.15) is 23.8 Å². The lowest BCUT2D eigenvalue weighted by Crippen LogP contribution is -2.08. The fraction of sp³-hybridized carbons (Fsp3) is 0.207. The van der Waals surface area contributed by atoms with E-state index in [1.54, 1.807) is 18.6 Å². The smallest absolute Gasteiger partial charge is 0.227 e. The van der Waals surface area contributed by atoms with Crippen LogP contribution in [0.3, 0.4) is 0 Å². The van der Waals surface area contributed by atoms with Gasteiger partial charge in [0.05, 0.1) is 11.4 Å². The van der Waals surface area contributed by atoms with E-state index in [0.717, 1.165) is 48.4 Å². The largest absolute Gasteiger partial charge is 0.487 e. The van der Waals surface area contributed by atoms with Crippen molar-refractivity contribution in [1.29, 1.82) is 0 Å². The topological polar surface area (TPSA) is 64.9 Å². The minimum absolute atomic E-state index is 0.270. The lowest BCUT2D eigenvalue weighted by molar-refractivity contribution is 0.362. The first kappa shape index (κ1) is 23.8. The van der Waals surface area contributed by atoms with E-state index in [1.165, 1.54) is 11.1 Å². The molecule has 1 aliphatic rings. The van der Waals surface area contributed by atoms with Crippen LogP contribution in [0.2, 0.25) is 5.15 Å². The summed E-state index contributed by atoms with van der Waals surface area (Å²) in [6.45, 7) is 8.03. The Kier molecular flexibility index (Phi) is 7.14. The third-order valence-corrected chi connectivity index (χ3v) is 6.52. The summed E-state index contributed by atoms with van der Waals surface area (Å²) in [4.78, 5) is 14.0. The molecule has 0 amide bonds. The summed E-state index contributed by atoms with van der Waals surface area (Å²) in [6.07, 6.45) is 10.8. The van der Waals surface area contributed by atoms with Crippen LogP contribution in [0.5, 0.6) is 5.75 Å². The molecule has 1 aliphatic carbocycles. The average molecular weight is 498 g/mol. The first-order valence-electron chi connectivity index (χ1n) is 12.1. The molecule has 2 heterocycles. The van der Waals surface area contributed by atoms with Gasteiger partial charge in [-0.05, 0) is 48.9 Å². The summed E-state index contributed by atoms with van der Waals surface area (Å²) >= 11 is 6.03. The number of nitrogens with one attached hydrogen (secondary N) is 1. The summed E-state index contributed by atoms with van der Waals surface area (Å²) < 4.78 is 7.78. The zero-order chi connectivity index (χ0) is 24.9. The second kappa shape index (κ2) is 10.8. The van der Waals surface area contributed by atoms with E-state index in [1.807, 2.05) is 28.8 Å². The number of fused-ring (bicyclic) bond motifs is 1. The zero-order valence-corrected chi connectivity index (χ0v) is 20.8. The van der Waals surface area contributed by atoms with E-state index in [4.69, 9.17) is 26.3 Å². The Labute approximate surface area is 216 Å². The molecule has 182 valence electrons. The van der Waals surface area contributed by atoms with Crippen molar-refractivity contribution in [2.75, 3.05) is 11.9 Å². The SMILES string of the molecule is C=CCCc1nc(Nc2ccc(-n3cnc(Cl)c3)c(OCC=C)c2)nc2c1CCC2c1ccccc1. The van der Waals surface area contributed by atoms with Crippen LogP contribution in [0.1, 0.15) is 41.3 Å². The molecule has 5 rings (SSSR count). The van der Waals surface area contributed by atoms with Gasteiger partial charge in [-0.1, -0.05) is 60.7 Å². The Morgan fingerprint density at radius 2 is 1.97 bits per heavy atom. The van der Waals surface area contributed by atoms with Crippen LogP contribution >= 0.6 is 11.6 Å². The number of aryl methyl sites for hydroxylation is 1. The second-order valence-electron chi connectivity index (χ2n) is 8.70. The maximum Gasteiger partial charge on any atom is 0.227 e. The monoisotopic (exact) mass is 497 g/mol. The first-order chi connectivity index (χ1) is 17.7. The Morgan fingerprint density at radius 3 is 2.72 bits per heavy atom. The first-order valence-corrected chi connectivity index (χ1v) is 12.4.